The molecule has 88 valence electrons. The summed E-state index contributed by atoms with van der Waals surface area (Å²) in [5.74, 6) is 0.0884. The Balaban J connectivity index is 0.000000221. The first-order chi connectivity index (χ1) is 7.27. The number of amides is 1. The first kappa shape index (κ1) is 12.3. The molecule has 0 aromatic carbocycles. The zero-order chi connectivity index (χ0) is 12.3. The highest BCUT2D eigenvalue weighted by Gasteiger charge is 2.27. The van der Waals surface area contributed by atoms with Gasteiger partial charge in [-0.2, -0.15) is 8.42 Å². The van der Waals surface area contributed by atoms with Gasteiger partial charge >= 0.3 is 0 Å². The van der Waals surface area contributed by atoms with Gasteiger partial charge in [0.25, 0.3) is 16.0 Å². The van der Waals surface area contributed by atoms with Crippen molar-refractivity contribution in [1.82, 2.24) is 5.32 Å². The molecule has 0 aliphatic carbocycles. The Labute approximate surface area is 91.7 Å². The highest BCUT2D eigenvalue weighted by atomic mass is 32.2. The van der Waals surface area contributed by atoms with Gasteiger partial charge in [-0.15, -0.1) is 0 Å². The van der Waals surface area contributed by atoms with Gasteiger partial charge in [0.2, 0.25) is 0 Å². The minimum absolute atomic E-state index is 0.257. The van der Waals surface area contributed by atoms with Crippen LogP contribution in [0.3, 0.4) is 0 Å². The Morgan fingerprint density at radius 3 is 2.69 bits per heavy atom. The van der Waals surface area contributed by atoms with Crippen LogP contribution in [-0.2, 0) is 14.9 Å². The molecule has 16 heavy (non-hydrogen) atoms. The average molecular weight is 246 g/mol. The van der Waals surface area contributed by atoms with E-state index in [2.05, 4.69) is 15.3 Å². The second kappa shape index (κ2) is 4.41. The minimum atomic E-state index is -3.67. The van der Waals surface area contributed by atoms with E-state index in [1.54, 1.807) is 6.08 Å². The zero-order valence-electron chi connectivity index (χ0n) is 8.28. The lowest BCUT2D eigenvalue weighted by atomic mass is 10.1. The van der Waals surface area contributed by atoms with Crippen LogP contribution < -0.4 is 11.1 Å². The smallest absolute Gasteiger partial charge is 0.273 e. The number of fused-ring (bicyclic) bond motifs is 1. The van der Waals surface area contributed by atoms with Crippen LogP contribution in [0.25, 0.3) is 0 Å². The van der Waals surface area contributed by atoms with E-state index in [0.29, 0.717) is 17.8 Å². The first-order valence-electron chi connectivity index (χ1n) is 4.08. The maximum Gasteiger partial charge on any atom is 0.273 e. The molecular formula is C7H10N4O4S. The highest BCUT2D eigenvalue weighted by molar-refractivity contribution is 7.85. The lowest BCUT2D eigenvalue weighted by Gasteiger charge is -2.14. The highest BCUT2D eigenvalue weighted by Crippen LogP contribution is 2.08. The third kappa shape index (κ3) is 3.79. The van der Waals surface area contributed by atoms with Crippen LogP contribution in [0.5, 0.6) is 0 Å². The summed E-state index contributed by atoms with van der Waals surface area (Å²) in [5, 5.41) is 2.44. The summed E-state index contributed by atoms with van der Waals surface area (Å²) in [6, 6.07) is -0.260. The molecule has 0 fully saturated rings. The fourth-order valence-corrected chi connectivity index (χ4v) is 1.04. The van der Waals surface area contributed by atoms with Gasteiger partial charge in [0.15, 0.2) is 0 Å². The summed E-state index contributed by atoms with van der Waals surface area (Å²) in [6.45, 7) is 0. The Bertz CT molecular complexity index is 483. The van der Waals surface area contributed by atoms with Gasteiger partial charge in [-0.1, -0.05) is 0 Å². The maximum atomic E-state index is 11.0. The Hall–Kier alpha value is -1.74. The lowest BCUT2D eigenvalue weighted by molar-refractivity contribution is -0.114. The van der Waals surface area contributed by atoms with Crippen LogP contribution in [-0.4, -0.2) is 43.2 Å². The molecule has 0 aromatic heterocycles. The molecule has 8 nitrogen and oxygen atoms in total. The second-order valence-corrected chi connectivity index (χ2v) is 4.50. The molecule has 0 saturated carbocycles. The molecule has 2 rings (SSSR count). The van der Waals surface area contributed by atoms with E-state index >= 15 is 0 Å². The van der Waals surface area contributed by atoms with Gasteiger partial charge in [-0.05, 0) is 6.08 Å². The van der Waals surface area contributed by atoms with E-state index in [9.17, 15) is 13.2 Å². The predicted molar refractivity (Wildman–Crippen MR) is 57.6 cm³/mol. The van der Waals surface area contributed by atoms with Crippen molar-refractivity contribution >= 4 is 28.1 Å². The topological polar surface area (TPSA) is 134 Å². The summed E-state index contributed by atoms with van der Waals surface area (Å²) in [5.41, 5.74) is 5.80. The summed E-state index contributed by atoms with van der Waals surface area (Å²) < 4.78 is 25.9. The van der Waals surface area contributed by atoms with E-state index in [1.807, 2.05) is 0 Å². The van der Waals surface area contributed by atoms with E-state index in [-0.39, 0.29) is 11.9 Å². The fourth-order valence-electron chi connectivity index (χ4n) is 1.04. The molecule has 1 unspecified atom stereocenters. The largest absolute Gasteiger partial charge is 0.385 e. The normalized spacial score (nSPS) is 22.4. The molecule has 0 spiro atoms. The van der Waals surface area contributed by atoms with Crippen LogP contribution in [0, 0.1) is 0 Å². The molecular weight excluding hydrogens is 236 g/mol. The summed E-state index contributed by atoms with van der Waals surface area (Å²) in [4.78, 5) is 18.7. The summed E-state index contributed by atoms with van der Waals surface area (Å²) in [6.07, 6.45) is 3.74. The van der Waals surface area contributed by atoms with Crippen molar-refractivity contribution in [3.8, 4) is 0 Å². The monoisotopic (exact) mass is 246 g/mol. The fraction of sp³-hybridized carbons (Fsp3) is 0.286. The van der Waals surface area contributed by atoms with Gasteiger partial charge in [0.05, 0.1) is 6.26 Å². The molecule has 2 aliphatic rings. The van der Waals surface area contributed by atoms with Gasteiger partial charge < -0.3 is 11.1 Å². The molecule has 1 atom stereocenters. The van der Waals surface area contributed by atoms with Gasteiger partial charge in [0, 0.05) is 0 Å². The van der Waals surface area contributed by atoms with Crippen molar-refractivity contribution in [3.05, 3.63) is 11.9 Å². The van der Waals surface area contributed by atoms with E-state index < -0.39 is 10.1 Å². The van der Waals surface area contributed by atoms with Crippen molar-refractivity contribution in [2.45, 2.75) is 6.04 Å². The number of nitrogens with one attached hydrogen (secondary N) is 1. The lowest BCUT2D eigenvalue weighted by Crippen LogP contribution is -2.42. The standard InChI is InChI=1S/C6H6N4O.CH4O3S/c7-4-1-3-5(6(11)10-4)9-2-8-3;1-5(2,3)4/h1-3H,7H2,(H,10,11);1H3,(H,2,3,4). The van der Waals surface area contributed by atoms with Gasteiger partial charge in [-0.3, -0.25) is 14.3 Å². The third-order valence-electron chi connectivity index (χ3n) is 1.53. The summed E-state index contributed by atoms with van der Waals surface area (Å²) in [7, 11) is -3.67. The number of carbonyl (C=O) groups is 1. The van der Waals surface area contributed by atoms with Gasteiger partial charge in [-0.25, -0.2) is 4.99 Å². The molecule has 0 aromatic rings. The Morgan fingerprint density at radius 2 is 2.12 bits per heavy atom. The predicted octanol–water partition coefficient (Wildman–Crippen LogP) is -1.73. The number of nitrogens with zero attached hydrogens (tertiary/aromatic N) is 2. The first-order valence-corrected chi connectivity index (χ1v) is 5.92. The number of hydrogen-bond donors (Lipinski definition) is 3. The number of rotatable bonds is 0. The van der Waals surface area contributed by atoms with Crippen molar-refractivity contribution in [1.29, 1.82) is 0 Å². The van der Waals surface area contributed by atoms with E-state index in [1.165, 1.54) is 6.34 Å². The van der Waals surface area contributed by atoms with Crippen molar-refractivity contribution in [3.63, 3.8) is 0 Å². The minimum Gasteiger partial charge on any atom is -0.385 e. The Kier molecular flexibility index (Phi) is 3.40. The number of hydrogen-bond acceptors (Lipinski definition) is 6. The SMILES string of the molecule is CS(=O)(=O)O.NC1=CC2N=CN=C2C(=O)N1. The van der Waals surface area contributed by atoms with Crippen molar-refractivity contribution < 1.29 is 17.8 Å². The average Bonchev–Trinajstić information content (AvgIpc) is 2.47. The molecule has 2 heterocycles. The number of nitrogens with two attached hydrogens (primary N) is 1. The van der Waals surface area contributed by atoms with Crippen LogP contribution in [0.15, 0.2) is 21.9 Å². The molecule has 0 saturated heterocycles. The van der Waals surface area contributed by atoms with E-state index in [4.69, 9.17) is 10.3 Å². The Morgan fingerprint density at radius 1 is 1.56 bits per heavy atom. The van der Waals surface area contributed by atoms with Crippen LogP contribution in [0.4, 0.5) is 0 Å². The van der Waals surface area contributed by atoms with Gasteiger partial charge in [0.1, 0.15) is 23.9 Å². The molecule has 0 radical (unpaired) electrons. The van der Waals surface area contributed by atoms with Crippen LogP contribution in [0.1, 0.15) is 0 Å². The second-order valence-electron chi connectivity index (χ2n) is 3.03. The quantitative estimate of drug-likeness (QED) is 0.437. The molecule has 2 aliphatic heterocycles. The third-order valence-corrected chi connectivity index (χ3v) is 1.53. The van der Waals surface area contributed by atoms with Crippen molar-refractivity contribution in [2.24, 2.45) is 15.7 Å². The zero-order valence-corrected chi connectivity index (χ0v) is 9.10. The molecule has 9 heteroatoms. The summed E-state index contributed by atoms with van der Waals surface area (Å²) >= 11 is 0. The number of carbonyl (C=O) groups excluding carboxylic acids is 1. The van der Waals surface area contributed by atoms with Crippen LogP contribution in [0.2, 0.25) is 0 Å². The molecule has 4 N–H and O–H groups in total. The van der Waals surface area contributed by atoms with Crippen molar-refractivity contribution in [2.75, 3.05) is 6.26 Å². The maximum absolute atomic E-state index is 11.0. The van der Waals surface area contributed by atoms with Crippen LogP contribution >= 0.6 is 0 Å². The molecule has 1 amide bonds. The number of aliphatic imine (C=N–C) groups is 2. The van der Waals surface area contributed by atoms with E-state index in [0.717, 1.165) is 0 Å². The molecule has 0 bridgehead atoms.